The molecule has 2 aromatic rings. The molecule has 0 saturated carbocycles. The smallest absolute Gasteiger partial charge is 0.274 e. The number of carbonyl (C=O) groups excluding carboxylic acids is 1. The fourth-order valence-electron chi connectivity index (χ4n) is 2.62. The molecule has 1 aliphatic rings. The van der Waals surface area contributed by atoms with Crippen LogP contribution in [0.2, 0.25) is 0 Å². The van der Waals surface area contributed by atoms with Crippen molar-refractivity contribution in [2.75, 3.05) is 13.2 Å². The zero-order valence-electron chi connectivity index (χ0n) is 14.5. The summed E-state index contributed by atoms with van der Waals surface area (Å²) in [6.07, 6.45) is 0.860. The lowest BCUT2D eigenvalue weighted by Gasteiger charge is -2.17. The summed E-state index contributed by atoms with van der Waals surface area (Å²) in [5, 5.41) is 6.29. The molecule has 2 heterocycles. The Balaban J connectivity index is 1.48. The lowest BCUT2D eigenvalue weighted by Crippen LogP contribution is -2.24. The number of hydrogen-bond donors (Lipinski definition) is 1. The summed E-state index contributed by atoms with van der Waals surface area (Å²) in [6.45, 7) is 6.26. The number of carbonyl (C=O) groups is 1. The molecule has 1 aromatic heterocycles. The number of hydrogen-bond acceptors (Lipinski definition) is 5. The standard InChI is InChI=1S/C19H20N2O4/c1-13-11-15(21-25-13)18(22)20-9-4-5-10-23-16-8-6-7-14-12-19(2,3)24-17(14)16/h6-8,11H,9-10,12H2,1-3H3,(H,20,22). The van der Waals surface area contributed by atoms with Gasteiger partial charge in [-0.05, 0) is 26.8 Å². The lowest BCUT2D eigenvalue weighted by molar-refractivity contribution is 0.0949. The third-order valence-electron chi connectivity index (χ3n) is 3.68. The van der Waals surface area contributed by atoms with E-state index in [2.05, 4.69) is 36.2 Å². The molecule has 25 heavy (non-hydrogen) atoms. The monoisotopic (exact) mass is 340 g/mol. The molecule has 1 aromatic carbocycles. The van der Waals surface area contributed by atoms with Crippen molar-refractivity contribution in [3.63, 3.8) is 0 Å². The van der Waals surface area contributed by atoms with Crippen molar-refractivity contribution in [3.8, 4) is 23.3 Å². The van der Waals surface area contributed by atoms with Crippen molar-refractivity contribution >= 4 is 5.91 Å². The number of ether oxygens (including phenoxy) is 2. The van der Waals surface area contributed by atoms with Gasteiger partial charge in [-0.25, -0.2) is 0 Å². The Morgan fingerprint density at radius 3 is 3.00 bits per heavy atom. The Kier molecular flexibility index (Phi) is 4.66. The average molecular weight is 340 g/mol. The van der Waals surface area contributed by atoms with Crippen LogP contribution >= 0.6 is 0 Å². The lowest BCUT2D eigenvalue weighted by atomic mass is 10.0. The fourth-order valence-corrected chi connectivity index (χ4v) is 2.62. The zero-order chi connectivity index (χ0) is 17.9. The molecule has 0 bridgehead atoms. The summed E-state index contributed by atoms with van der Waals surface area (Å²) in [4.78, 5) is 11.8. The molecular weight excluding hydrogens is 320 g/mol. The molecule has 130 valence electrons. The first kappa shape index (κ1) is 16.9. The van der Waals surface area contributed by atoms with Crippen LogP contribution in [0.4, 0.5) is 0 Å². The van der Waals surface area contributed by atoms with Crippen LogP contribution in [0.25, 0.3) is 0 Å². The minimum absolute atomic E-state index is 0.211. The highest BCUT2D eigenvalue weighted by Gasteiger charge is 2.32. The first-order valence-electron chi connectivity index (χ1n) is 8.05. The third-order valence-corrected chi connectivity index (χ3v) is 3.68. The van der Waals surface area contributed by atoms with Crippen LogP contribution in [-0.2, 0) is 6.42 Å². The van der Waals surface area contributed by atoms with E-state index in [4.69, 9.17) is 14.0 Å². The highest BCUT2D eigenvalue weighted by atomic mass is 16.5. The summed E-state index contributed by atoms with van der Waals surface area (Å²) in [7, 11) is 0. The van der Waals surface area contributed by atoms with E-state index in [-0.39, 0.29) is 30.4 Å². The molecule has 0 atom stereocenters. The Labute approximate surface area is 146 Å². The van der Waals surface area contributed by atoms with E-state index in [1.165, 1.54) is 0 Å². The Morgan fingerprint density at radius 2 is 2.24 bits per heavy atom. The van der Waals surface area contributed by atoms with Crippen LogP contribution in [0, 0.1) is 18.8 Å². The van der Waals surface area contributed by atoms with Gasteiger partial charge >= 0.3 is 0 Å². The summed E-state index contributed by atoms with van der Waals surface area (Å²) in [6, 6.07) is 7.44. The Bertz CT molecular complexity index is 843. The number of para-hydroxylation sites is 1. The summed E-state index contributed by atoms with van der Waals surface area (Å²) in [5.41, 5.74) is 1.18. The molecule has 6 heteroatoms. The minimum atomic E-state index is -0.316. The SMILES string of the molecule is Cc1cc(C(=O)NCC#CCOc2cccc3c2OC(C)(C)C3)no1. The molecule has 3 rings (SSSR count). The van der Waals surface area contributed by atoms with Crippen LogP contribution in [0.3, 0.4) is 0 Å². The van der Waals surface area contributed by atoms with E-state index in [1.54, 1.807) is 13.0 Å². The highest BCUT2D eigenvalue weighted by Crippen LogP contribution is 2.41. The number of rotatable bonds is 4. The molecule has 0 radical (unpaired) electrons. The average Bonchev–Trinajstić information content (AvgIpc) is 3.12. The number of amides is 1. The molecule has 0 unspecified atom stereocenters. The molecule has 0 saturated heterocycles. The van der Waals surface area contributed by atoms with E-state index in [9.17, 15) is 4.79 Å². The molecular formula is C19H20N2O4. The van der Waals surface area contributed by atoms with Gasteiger partial charge in [-0.1, -0.05) is 29.1 Å². The fraction of sp³-hybridized carbons (Fsp3) is 0.368. The number of aryl methyl sites for hydroxylation is 1. The van der Waals surface area contributed by atoms with Crippen LogP contribution in [-0.4, -0.2) is 29.8 Å². The Morgan fingerprint density at radius 1 is 1.40 bits per heavy atom. The first-order chi connectivity index (χ1) is 11.9. The molecule has 1 aliphatic heterocycles. The van der Waals surface area contributed by atoms with Crippen molar-refractivity contribution in [3.05, 3.63) is 41.3 Å². The quantitative estimate of drug-likeness (QED) is 0.866. The van der Waals surface area contributed by atoms with Gasteiger partial charge in [0.15, 0.2) is 17.2 Å². The number of nitrogens with zero attached hydrogens (tertiary/aromatic N) is 1. The van der Waals surface area contributed by atoms with E-state index in [0.717, 1.165) is 17.7 Å². The van der Waals surface area contributed by atoms with E-state index < -0.39 is 0 Å². The van der Waals surface area contributed by atoms with Crippen molar-refractivity contribution in [1.82, 2.24) is 10.5 Å². The number of fused-ring (bicyclic) bond motifs is 1. The predicted molar refractivity (Wildman–Crippen MR) is 91.7 cm³/mol. The molecule has 0 fully saturated rings. The van der Waals surface area contributed by atoms with Gasteiger partial charge in [-0.2, -0.15) is 0 Å². The predicted octanol–water partition coefficient (Wildman–Crippen LogP) is 2.51. The van der Waals surface area contributed by atoms with E-state index >= 15 is 0 Å². The summed E-state index contributed by atoms with van der Waals surface area (Å²) >= 11 is 0. The molecule has 0 spiro atoms. The molecule has 0 aliphatic carbocycles. The van der Waals surface area contributed by atoms with Gasteiger partial charge in [0.1, 0.15) is 18.0 Å². The van der Waals surface area contributed by atoms with Gasteiger partial charge in [0, 0.05) is 18.1 Å². The van der Waals surface area contributed by atoms with Crippen LogP contribution in [0.5, 0.6) is 11.5 Å². The number of benzene rings is 1. The summed E-state index contributed by atoms with van der Waals surface area (Å²) < 4.78 is 16.5. The first-order valence-corrected chi connectivity index (χ1v) is 8.05. The van der Waals surface area contributed by atoms with Gasteiger partial charge in [-0.15, -0.1) is 0 Å². The van der Waals surface area contributed by atoms with Crippen molar-refractivity contribution in [1.29, 1.82) is 0 Å². The van der Waals surface area contributed by atoms with E-state index in [1.807, 2.05) is 18.2 Å². The largest absolute Gasteiger partial charge is 0.483 e. The number of nitrogens with one attached hydrogen (secondary N) is 1. The maximum atomic E-state index is 11.8. The topological polar surface area (TPSA) is 73.6 Å². The minimum Gasteiger partial charge on any atom is -0.483 e. The van der Waals surface area contributed by atoms with Gasteiger partial charge in [-0.3, -0.25) is 4.79 Å². The van der Waals surface area contributed by atoms with Gasteiger partial charge < -0.3 is 19.3 Å². The molecule has 6 nitrogen and oxygen atoms in total. The normalized spacial score (nSPS) is 14.0. The Hall–Kier alpha value is -2.94. The maximum Gasteiger partial charge on any atom is 0.274 e. The summed E-state index contributed by atoms with van der Waals surface area (Å²) in [5.74, 6) is 7.47. The van der Waals surface area contributed by atoms with Crippen molar-refractivity contribution in [2.24, 2.45) is 0 Å². The van der Waals surface area contributed by atoms with Crippen LogP contribution in [0.15, 0.2) is 28.8 Å². The second kappa shape index (κ2) is 6.89. The van der Waals surface area contributed by atoms with Crippen LogP contribution in [0.1, 0.15) is 35.7 Å². The molecule has 1 N–H and O–H groups in total. The van der Waals surface area contributed by atoms with Gasteiger partial charge in [0.2, 0.25) is 0 Å². The van der Waals surface area contributed by atoms with Crippen molar-refractivity contribution < 1.29 is 18.8 Å². The second-order valence-electron chi connectivity index (χ2n) is 6.43. The maximum absolute atomic E-state index is 11.8. The second-order valence-corrected chi connectivity index (χ2v) is 6.43. The number of aromatic nitrogens is 1. The molecule has 1 amide bonds. The highest BCUT2D eigenvalue weighted by molar-refractivity contribution is 5.92. The van der Waals surface area contributed by atoms with Gasteiger partial charge in [0.05, 0.1) is 6.54 Å². The van der Waals surface area contributed by atoms with E-state index in [0.29, 0.717) is 11.5 Å². The van der Waals surface area contributed by atoms with Crippen LogP contribution < -0.4 is 14.8 Å². The van der Waals surface area contributed by atoms with Crippen molar-refractivity contribution in [2.45, 2.75) is 32.8 Å². The zero-order valence-corrected chi connectivity index (χ0v) is 14.5. The third kappa shape index (κ3) is 4.13. The van der Waals surface area contributed by atoms with Gasteiger partial charge in [0.25, 0.3) is 5.91 Å².